The fourth-order valence-corrected chi connectivity index (χ4v) is 4.77. The van der Waals surface area contributed by atoms with Gasteiger partial charge in [0.05, 0.1) is 16.5 Å². The van der Waals surface area contributed by atoms with Gasteiger partial charge in [0.15, 0.2) is 0 Å². The Labute approximate surface area is 254 Å². The molecule has 4 aromatic rings. The van der Waals surface area contributed by atoms with E-state index in [1.165, 1.54) is 0 Å². The molecule has 1 amide bonds. The Morgan fingerprint density at radius 3 is 2.16 bits per heavy atom. The van der Waals surface area contributed by atoms with Crippen molar-refractivity contribution in [1.29, 1.82) is 0 Å². The first-order valence-electron chi connectivity index (χ1n) is 13.9. The lowest BCUT2D eigenvalue weighted by atomic mass is 9.96. The van der Waals surface area contributed by atoms with Crippen LogP contribution in [0, 0.1) is 19.3 Å². The molecule has 1 saturated heterocycles. The molecule has 0 saturated carbocycles. The van der Waals surface area contributed by atoms with Gasteiger partial charge in [0, 0.05) is 18.0 Å². The molecule has 1 fully saturated rings. The van der Waals surface area contributed by atoms with Crippen molar-refractivity contribution in [3.05, 3.63) is 88.2 Å². The van der Waals surface area contributed by atoms with Gasteiger partial charge in [0.1, 0.15) is 35.8 Å². The number of hydrogen-bond acceptors (Lipinski definition) is 8. The number of amides is 1. The maximum atomic E-state index is 13.1. The van der Waals surface area contributed by atoms with E-state index in [9.17, 15) is 14.4 Å². The minimum atomic E-state index is -0.761. The molecule has 0 aliphatic carbocycles. The summed E-state index contributed by atoms with van der Waals surface area (Å²) < 4.78 is 19.6. The quantitative estimate of drug-likeness (QED) is 0.200. The van der Waals surface area contributed by atoms with Crippen molar-refractivity contribution in [2.24, 2.45) is 5.41 Å². The van der Waals surface area contributed by atoms with E-state index in [-0.39, 0.29) is 30.0 Å². The molecule has 0 radical (unpaired) electrons. The SMILES string of the molecule is Cc1ccc(C(=O)OC[C@H]2O[C@@H](n3ccc4c(Cl)nc(NC(=O)C(C)(C)C)nc43)C[C@@H]2OC(=O)c2ccc(C)cc2)cc1. The average Bonchev–Trinajstić information content (AvgIpc) is 3.56. The second-order valence-electron chi connectivity index (χ2n) is 11.6. The summed E-state index contributed by atoms with van der Waals surface area (Å²) in [7, 11) is 0. The lowest BCUT2D eigenvalue weighted by Gasteiger charge is -2.19. The summed E-state index contributed by atoms with van der Waals surface area (Å²) in [5.74, 6) is -1.24. The zero-order chi connectivity index (χ0) is 30.9. The highest BCUT2D eigenvalue weighted by molar-refractivity contribution is 6.34. The van der Waals surface area contributed by atoms with E-state index >= 15 is 0 Å². The monoisotopic (exact) mass is 604 g/mol. The van der Waals surface area contributed by atoms with Gasteiger partial charge in [-0.15, -0.1) is 0 Å². The number of benzene rings is 2. The Hall–Kier alpha value is -4.28. The van der Waals surface area contributed by atoms with Crippen LogP contribution in [0.15, 0.2) is 60.8 Å². The van der Waals surface area contributed by atoms with Crippen LogP contribution in [0.3, 0.4) is 0 Å². The number of carbonyl (C=O) groups is 3. The number of ether oxygens (including phenoxy) is 3. The standard InChI is InChI=1S/C32H33ClN4O6/c1-18-6-10-20(11-7-18)28(38)41-17-24-23(43-29(39)21-12-8-19(2)9-13-21)16-25(42-24)37-15-14-22-26(33)34-31(35-27(22)37)36-30(40)32(3,4)5/h6-15,23-25H,16-17H2,1-5H3,(H,34,35,36,40)/t23-,24+,25+/m0/s1. The Bertz CT molecular complexity index is 1660. The van der Waals surface area contributed by atoms with Crippen LogP contribution < -0.4 is 5.32 Å². The minimum absolute atomic E-state index is 0.0568. The first-order chi connectivity index (χ1) is 20.4. The van der Waals surface area contributed by atoms with E-state index < -0.39 is 35.8 Å². The molecule has 3 heterocycles. The molecule has 224 valence electrons. The van der Waals surface area contributed by atoms with Crippen LogP contribution in [-0.2, 0) is 19.0 Å². The maximum absolute atomic E-state index is 13.1. The lowest BCUT2D eigenvalue weighted by molar-refractivity contribution is -0.123. The van der Waals surface area contributed by atoms with Gasteiger partial charge in [0.2, 0.25) is 11.9 Å². The molecule has 10 nitrogen and oxygen atoms in total. The Kier molecular flexibility index (Phi) is 8.52. The number of nitrogens with zero attached hydrogens (tertiary/aromatic N) is 3. The molecule has 0 bridgehead atoms. The second-order valence-corrected chi connectivity index (χ2v) is 12.0. The number of hydrogen-bond donors (Lipinski definition) is 1. The molecule has 5 rings (SSSR count). The fourth-order valence-electron chi connectivity index (χ4n) is 4.55. The smallest absolute Gasteiger partial charge is 0.338 e. The van der Waals surface area contributed by atoms with Crippen LogP contribution in [-0.4, -0.2) is 51.2 Å². The number of rotatable bonds is 7. The summed E-state index contributed by atoms with van der Waals surface area (Å²) in [6.45, 7) is 9.06. The van der Waals surface area contributed by atoms with E-state index in [1.807, 2.05) is 38.1 Å². The number of nitrogens with one attached hydrogen (secondary N) is 1. The summed E-state index contributed by atoms with van der Waals surface area (Å²) in [4.78, 5) is 47.2. The Balaban J connectivity index is 1.40. The predicted molar refractivity (Wildman–Crippen MR) is 161 cm³/mol. The first-order valence-corrected chi connectivity index (χ1v) is 14.3. The lowest BCUT2D eigenvalue weighted by Crippen LogP contribution is -2.32. The van der Waals surface area contributed by atoms with E-state index in [1.54, 1.807) is 61.9 Å². The normalized spacial score (nSPS) is 18.4. The number of aromatic nitrogens is 3. The van der Waals surface area contributed by atoms with Gasteiger partial charge in [-0.2, -0.15) is 9.97 Å². The zero-order valence-electron chi connectivity index (χ0n) is 24.6. The third kappa shape index (κ3) is 6.87. The van der Waals surface area contributed by atoms with Gasteiger partial charge in [-0.1, -0.05) is 67.8 Å². The molecular formula is C32H33ClN4O6. The van der Waals surface area contributed by atoms with Gasteiger partial charge in [-0.3, -0.25) is 10.1 Å². The summed E-state index contributed by atoms with van der Waals surface area (Å²) in [6.07, 6.45) is -0.152. The third-order valence-corrected chi connectivity index (χ3v) is 7.42. The van der Waals surface area contributed by atoms with Crippen molar-refractivity contribution in [2.75, 3.05) is 11.9 Å². The number of anilines is 1. The fraction of sp³-hybridized carbons (Fsp3) is 0.344. The summed E-state index contributed by atoms with van der Waals surface area (Å²) in [5.41, 5.74) is 2.59. The van der Waals surface area contributed by atoms with Crippen LogP contribution in [0.1, 0.15) is 65.3 Å². The van der Waals surface area contributed by atoms with Crippen LogP contribution in [0.4, 0.5) is 5.95 Å². The van der Waals surface area contributed by atoms with Crippen molar-refractivity contribution < 1.29 is 28.6 Å². The molecule has 1 aliphatic rings. The molecule has 1 aliphatic heterocycles. The first kappa shape index (κ1) is 30.2. The largest absolute Gasteiger partial charge is 0.459 e. The van der Waals surface area contributed by atoms with E-state index in [2.05, 4.69) is 15.3 Å². The zero-order valence-corrected chi connectivity index (χ0v) is 25.3. The summed E-state index contributed by atoms with van der Waals surface area (Å²) in [5, 5.41) is 3.43. The van der Waals surface area contributed by atoms with Gasteiger partial charge in [-0.05, 0) is 44.2 Å². The number of esters is 2. The molecule has 2 aromatic carbocycles. The van der Waals surface area contributed by atoms with E-state index in [0.29, 0.717) is 22.2 Å². The highest BCUT2D eigenvalue weighted by Gasteiger charge is 2.40. The molecular weight excluding hydrogens is 572 g/mol. The van der Waals surface area contributed by atoms with Crippen molar-refractivity contribution in [3.63, 3.8) is 0 Å². The van der Waals surface area contributed by atoms with Crippen LogP contribution in [0.2, 0.25) is 5.15 Å². The molecule has 11 heteroatoms. The van der Waals surface area contributed by atoms with Gasteiger partial charge >= 0.3 is 11.9 Å². The predicted octanol–water partition coefficient (Wildman–Crippen LogP) is 6.06. The molecule has 1 N–H and O–H groups in total. The summed E-state index contributed by atoms with van der Waals surface area (Å²) in [6, 6.07) is 15.8. The molecule has 3 atom stereocenters. The molecule has 43 heavy (non-hydrogen) atoms. The third-order valence-electron chi connectivity index (χ3n) is 7.13. The van der Waals surface area contributed by atoms with Crippen molar-refractivity contribution >= 4 is 46.4 Å². The van der Waals surface area contributed by atoms with Gasteiger partial charge in [0.25, 0.3) is 0 Å². The van der Waals surface area contributed by atoms with Gasteiger partial charge in [-0.25, -0.2) is 9.59 Å². The highest BCUT2D eigenvalue weighted by Crippen LogP contribution is 2.35. The van der Waals surface area contributed by atoms with Crippen LogP contribution in [0.5, 0.6) is 0 Å². The number of fused-ring (bicyclic) bond motifs is 1. The van der Waals surface area contributed by atoms with Crippen LogP contribution in [0.25, 0.3) is 11.0 Å². The van der Waals surface area contributed by atoms with Crippen molar-refractivity contribution in [3.8, 4) is 0 Å². The van der Waals surface area contributed by atoms with E-state index in [0.717, 1.165) is 11.1 Å². The highest BCUT2D eigenvalue weighted by atomic mass is 35.5. The van der Waals surface area contributed by atoms with Crippen LogP contribution >= 0.6 is 11.6 Å². The molecule has 0 unspecified atom stereocenters. The second kappa shape index (κ2) is 12.1. The number of carbonyl (C=O) groups excluding carboxylic acids is 3. The average molecular weight is 605 g/mol. The number of aryl methyl sites for hydroxylation is 2. The minimum Gasteiger partial charge on any atom is -0.459 e. The van der Waals surface area contributed by atoms with Gasteiger partial charge < -0.3 is 18.8 Å². The topological polar surface area (TPSA) is 122 Å². The van der Waals surface area contributed by atoms with Crippen molar-refractivity contribution in [1.82, 2.24) is 14.5 Å². The number of halogens is 1. The summed E-state index contributed by atoms with van der Waals surface area (Å²) >= 11 is 6.45. The Morgan fingerprint density at radius 2 is 1.56 bits per heavy atom. The molecule has 0 spiro atoms. The van der Waals surface area contributed by atoms with E-state index in [4.69, 9.17) is 25.8 Å². The Morgan fingerprint density at radius 1 is 0.953 bits per heavy atom. The molecule has 2 aromatic heterocycles. The van der Waals surface area contributed by atoms with Crippen molar-refractivity contribution in [2.45, 2.75) is 59.5 Å². The maximum Gasteiger partial charge on any atom is 0.338 e.